The summed E-state index contributed by atoms with van der Waals surface area (Å²) in [6, 6.07) is 8.29. The fourth-order valence-electron chi connectivity index (χ4n) is 0.853. The molecule has 0 spiro atoms. The maximum absolute atomic E-state index is 11.2. The second kappa shape index (κ2) is 4.44. The van der Waals surface area contributed by atoms with Gasteiger partial charge in [0.2, 0.25) is 10.0 Å². The Hall–Kier alpha value is -1.06. The molecule has 0 heterocycles. The van der Waals surface area contributed by atoms with E-state index in [-0.39, 0.29) is 0 Å². The van der Waals surface area contributed by atoms with Crippen molar-refractivity contribution in [1.29, 1.82) is 5.26 Å². The van der Waals surface area contributed by atoms with E-state index >= 15 is 0 Å². The molecular weight excluding hydrogens is 268 g/mol. The highest BCUT2D eigenvalue weighted by Gasteiger charge is 2.08. The maximum atomic E-state index is 11.2. The minimum atomic E-state index is -3.53. The van der Waals surface area contributed by atoms with Gasteiger partial charge in [0, 0.05) is 10.2 Å². The number of nitrogens with one attached hydrogen (secondary N) is 1. The van der Waals surface area contributed by atoms with Crippen molar-refractivity contribution in [3.63, 3.8) is 0 Å². The summed E-state index contributed by atoms with van der Waals surface area (Å²) >= 11 is 3.21. The van der Waals surface area contributed by atoms with E-state index in [1.165, 1.54) is 0 Å². The number of nitriles is 1. The van der Waals surface area contributed by atoms with E-state index in [4.69, 9.17) is 5.26 Å². The minimum Gasteiger partial charge on any atom is -0.283 e. The highest BCUT2D eigenvalue weighted by atomic mass is 79.9. The number of sulfonamides is 1. The van der Waals surface area contributed by atoms with Crippen LogP contribution in [0.25, 0.3) is 0 Å². The first-order valence-corrected chi connectivity index (χ1v) is 6.11. The summed E-state index contributed by atoms with van der Waals surface area (Å²) in [5.41, 5.74) is 0.439. The quantitative estimate of drug-likeness (QED) is 0.912. The van der Waals surface area contributed by atoms with Gasteiger partial charge in [-0.05, 0) is 18.2 Å². The standard InChI is InChI=1S/C8H7BrN2O2S/c9-7-2-1-3-8(6-7)11-14(12,13)5-4-10/h1-3,6,11H,5H2. The van der Waals surface area contributed by atoms with Gasteiger partial charge in [0.15, 0.2) is 5.75 Å². The lowest BCUT2D eigenvalue weighted by Crippen LogP contribution is -2.15. The molecule has 1 aromatic carbocycles. The number of hydrogen-bond donors (Lipinski definition) is 1. The molecule has 4 nitrogen and oxygen atoms in total. The van der Waals surface area contributed by atoms with Crippen molar-refractivity contribution < 1.29 is 8.42 Å². The Morgan fingerprint density at radius 2 is 2.21 bits per heavy atom. The first kappa shape index (κ1) is 11.0. The topological polar surface area (TPSA) is 70.0 Å². The maximum Gasteiger partial charge on any atom is 0.246 e. The normalized spacial score (nSPS) is 10.6. The zero-order valence-electron chi connectivity index (χ0n) is 7.07. The van der Waals surface area contributed by atoms with E-state index in [1.54, 1.807) is 30.3 Å². The number of nitrogens with zero attached hydrogens (tertiary/aromatic N) is 1. The van der Waals surface area contributed by atoms with E-state index in [2.05, 4.69) is 20.7 Å². The fraction of sp³-hybridized carbons (Fsp3) is 0.125. The zero-order chi connectivity index (χ0) is 10.6. The third-order valence-corrected chi connectivity index (χ3v) is 2.90. The van der Waals surface area contributed by atoms with E-state index in [1.807, 2.05) is 0 Å². The second-order valence-corrected chi connectivity index (χ2v) is 5.17. The van der Waals surface area contributed by atoms with E-state index in [0.29, 0.717) is 5.69 Å². The molecule has 0 unspecified atom stereocenters. The summed E-state index contributed by atoms with van der Waals surface area (Å²) in [5.74, 6) is -0.542. The van der Waals surface area contributed by atoms with Crippen molar-refractivity contribution >= 4 is 31.6 Å². The van der Waals surface area contributed by atoms with E-state index in [9.17, 15) is 8.42 Å². The molecule has 0 aliphatic carbocycles. The Morgan fingerprint density at radius 3 is 2.79 bits per heavy atom. The van der Waals surface area contributed by atoms with Crippen molar-refractivity contribution in [2.75, 3.05) is 10.5 Å². The van der Waals surface area contributed by atoms with Gasteiger partial charge in [0.25, 0.3) is 0 Å². The van der Waals surface area contributed by atoms with E-state index in [0.717, 1.165) is 4.47 Å². The highest BCUT2D eigenvalue weighted by Crippen LogP contribution is 2.16. The van der Waals surface area contributed by atoms with Crippen LogP contribution in [0.15, 0.2) is 28.7 Å². The van der Waals surface area contributed by atoms with Crippen molar-refractivity contribution in [2.45, 2.75) is 0 Å². The highest BCUT2D eigenvalue weighted by molar-refractivity contribution is 9.10. The van der Waals surface area contributed by atoms with Crippen LogP contribution in [0.2, 0.25) is 0 Å². The Labute approximate surface area is 90.7 Å². The van der Waals surface area contributed by atoms with Gasteiger partial charge in [-0.25, -0.2) is 8.42 Å². The van der Waals surface area contributed by atoms with Crippen molar-refractivity contribution in [1.82, 2.24) is 0 Å². The average molecular weight is 275 g/mol. The number of halogens is 1. The molecule has 0 aromatic heterocycles. The smallest absolute Gasteiger partial charge is 0.246 e. The number of hydrogen-bond acceptors (Lipinski definition) is 3. The van der Waals surface area contributed by atoms with E-state index < -0.39 is 15.8 Å². The predicted octanol–water partition coefficient (Wildman–Crippen LogP) is 1.71. The molecule has 74 valence electrons. The molecule has 0 radical (unpaired) electrons. The van der Waals surface area contributed by atoms with Crippen molar-refractivity contribution in [3.8, 4) is 6.07 Å². The average Bonchev–Trinajstić information content (AvgIpc) is 2.02. The summed E-state index contributed by atoms with van der Waals surface area (Å²) in [6.45, 7) is 0. The molecule has 0 saturated heterocycles. The summed E-state index contributed by atoms with van der Waals surface area (Å²) in [4.78, 5) is 0. The van der Waals surface area contributed by atoms with Gasteiger partial charge < -0.3 is 0 Å². The molecule has 0 saturated carbocycles. The summed E-state index contributed by atoms with van der Waals surface area (Å²) in [5, 5.41) is 8.26. The Morgan fingerprint density at radius 1 is 1.50 bits per heavy atom. The second-order valence-electron chi connectivity index (χ2n) is 2.53. The summed E-state index contributed by atoms with van der Waals surface area (Å²) < 4.78 is 25.4. The third kappa shape index (κ3) is 3.36. The number of rotatable bonds is 3. The van der Waals surface area contributed by atoms with Gasteiger partial charge in [-0.15, -0.1) is 0 Å². The largest absolute Gasteiger partial charge is 0.283 e. The zero-order valence-corrected chi connectivity index (χ0v) is 9.47. The van der Waals surface area contributed by atoms with Crippen LogP contribution in [0.1, 0.15) is 0 Å². The number of anilines is 1. The first-order valence-electron chi connectivity index (χ1n) is 3.66. The molecule has 1 N–H and O–H groups in total. The predicted molar refractivity (Wildman–Crippen MR) is 57.2 cm³/mol. The van der Waals surface area contributed by atoms with Gasteiger partial charge in [-0.2, -0.15) is 5.26 Å². The van der Waals surface area contributed by atoms with Crippen LogP contribution in [-0.2, 0) is 10.0 Å². The Kier molecular flexibility index (Phi) is 3.49. The molecule has 1 rings (SSSR count). The monoisotopic (exact) mass is 274 g/mol. The van der Waals surface area contributed by atoms with Gasteiger partial charge in [-0.1, -0.05) is 22.0 Å². The molecule has 0 aliphatic rings. The molecule has 0 bridgehead atoms. The van der Waals surface area contributed by atoms with Crippen LogP contribution in [0.5, 0.6) is 0 Å². The van der Waals surface area contributed by atoms with Gasteiger partial charge in [0.05, 0.1) is 6.07 Å². The lowest BCUT2D eigenvalue weighted by Gasteiger charge is -2.04. The third-order valence-electron chi connectivity index (χ3n) is 1.35. The van der Waals surface area contributed by atoms with Crippen LogP contribution in [0, 0.1) is 11.3 Å². The van der Waals surface area contributed by atoms with Crippen LogP contribution < -0.4 is 4.72 Å². The fourth-order valence-corrected chi connectivity index (χ4v) is 1.98. The molecular formula is C8H7BrN2O2S. The summed E-state index contributed by atoms with van der Waals surface area (Å²) in [7, 11) is -3.53. The molecule has 14 heavy (non-hydrogen) atoms. The van der Waals surface area contributed by atoms with Gasteiger partial charge >= 0.3 is 0 Å². The van der Waals surface area contributed by atoms with Crippen molar-refractivity contribution in [3.05, 3.63) is 28.7 Å². The molecule has 0 atom stereocenters. The number of benzene rings is 1. The van der Waals surface area contributed by atoms with Gasteiger partial charge in [-0.3, -0.25) is 4.72 Å². The van der Waals surface area contributed by atoms with Crippen LogP contribution in [0.3, 0.4) is 0 Å². The first-order chi connectivity index (χ1) is 6.53. The van der Waals surface area contributed by atoms with Crippen molar-refractivity contribution in [2.24, 2.45) is 0 Å². The molecule has 0 fully saturated rings. The Bertz CT molecular complexity index is 464. The lowest BCUT2D eigenvalue weighted by atomic mass is 10.3. The van der Waals surface area contributed by atoms with Crippen LogP contribution in [0.4, 0.5) is 5.69 Å². The molecule has 0 amide bonds. The summed E-state index contributed by atoms with van der Waals surface area (Å²) in [6.07, 6.45) is 0. The SMILES string of the molecule is N#CCS(=O)(=O)Nc1cccc(Br)c1. The van der Waals surface area contributed by atoms with Gasteiger partial charge in [0.1, 0.15) is 0 Å². The van der Waals surface area contributed by atoms with Crippen LogP contribution in [-0.4, -0.2) is 14.2 Å². The molecule has 0 aliphatic heterocycles. The molecule has 1 aromatic rings. The lowest BCUT2D eigenvalue weighted by molar-refractivity contribution is 0.604. The Balaban J connectivity index is 2.85. The minimum absolute atomic E-state index is 0.439. The van der Waals surface area contributed by atoms with Crippen LogP contribution >= 0.6 is 15.9 Å². The molecule has 6 heteroatoms.